The van der Waals surface area contributed by atoms with Gasteiger partial charge in [-0.3, -0.25) is 14.5 Å². The molecule has 1 heterocycles. The van der Waals surface area contributed by atoms with Gasteiger partial charge in [-0.2, -0.15) is 0 Å². The van der Waals surface area contributed by atoms with E-state index in [2.05, 4.69) is 6.26 Å². The minimum absolute atomic E-state index is 0.145. The highest BCUT2D eigenvalue weighted by Gasteiger charge is 2.34. The number of hydrogen-bond acceptors (Lipinski definition) is 2. The van der Waals surface area contributed by atoms with E-state index in [1.807, 2.05) is 0 Å². The third kappa shape index (κ3) is 1.85. The number of nitrogens with zero attached hydrogens (tertiary/aromatic N) is 1. The lowest BCUT2D eigenvalue weighted by molar-refractivity contribution is 0.0655. The summed E-state index contributed by atoms with van der Waals surface area (Å²) < 4.78 is 0. The Kier molecular flexibility index (Phi) is 3.29. The van der Waals surface area contributed by atoms with Crippen LogP contribution in [0.25, 0.3) is 0 Å². The van der Waals surface area contributed by atoms with Gasteiger partial charge >= 0.3 is 0 Å². The number of imide groups is 1. The van der Waals surface area contributed by atoms with Gasteiger partial charge in [0.05, 0.1) is 17.4 Å². The lowest BCUT2D eigenvalue weighted by Gasteiger charge is -2.11. The van der Waals surface area contributed by atoms with E-state index >= 15 is 0 Å². The number of amides is 2. The summed E-state index contributed by atoms with van der Waals surface area (Å²) in [6.07, 6.45) is 2.95. The van der Waals surface area contributed by atoms with Crippen molar-refractivity contribution in [1.82, 2.24) is 4.90 Å². The number of thiol groups is 1. The molecule has 0 unspecified atom stereocenters. The Hall–Kier alpha value is -1.29. The van der Waals surface area contributed by atoms with Gasteiger partial charge in [0.2, 0.25) is 0 Å². The van der Waals surface area contributed by atoms with Crippen molar-refractivity contribution in [2.24, 2.45) is 0 Å². The summed E-state index contributed by atoms with van der Waals surface area (Å²) in [5.74, 6) is 0.731. The fraction of sp³-hybridized carbons (Fsp3) is 0.333. The summed E-state index contributed by atoms with van der Waals surface area (Å²) in [6, 6.07) is 7.01. The van der Waals surface area contributed by atoms with E-state index in [0.29, 0.717) is 17.7 Å². The van der Waals surface area contributed by atoms with Crippen molar-refractivity contribution >= 4 is 23.6 Å². The van der Waals surface area contributed by atoms with Crippen LogP contribution in [0.3, 0.4) is 0 Å². The molecule has 16 heavy (non-hydrogen) atoms. The van der Waals surface area contributed by atoms with Gasteiger partial charge in [-0.05, 0) is 23.9 Å². The van der Waals surface area contributed by atoms with E-state index in [1.165, 1.54) is 16.7 Å². The Bertz CT molecular complexity index is 396. The van der Waals surface area contributed by atoms with Crippen LogP contribution < -0.4 is 0 Å². The SMILES string of the molecule is C[SH+]CCCN1C(=O)c2ccccc2C1=O. The number of benzene rings is 1. The zero-order chi connectivity index (χ0) is 11.5. The fourth-order valence-corrected chi connectivity index (χ4v) is 2.29. The lowest BCUT2D eigenvalue weighted by atomic mass is 10.1. The van der Waals surface area contributed by atoms with Crippen molar-refractivity contribution in [3.8, 4) is 0 Å². The van der Waals surface area contributed by atoms with Gasteiger partial charge in [-0.1, -0.05) is 12.1 Å². The van der Waals surface area contributed by atoms with E-state index in [1.54, 1.807) is 24.3 Å². The summed E-state index contributed by atoms with van der Waals surface area (Å²) in [5.41, 5.74) is 1.09. The summed E-state index contributed by atoms with van der Waals surface area (Å²) >= 11 is 1.30. The van der Waals surface area contributed by atoms with Crippen molar-refractivity contribution in [3.63, 3.8) is 0 Å². The smallest absolute Gasteiger partial charge is 0.261 e. The topological polar surface area (TPSA) is 37.4 Å². The van der Waals surface area contributed by atoms with Crippen LogP contribution in [0.2, 0.25) is 0 Å². The number of carbonyl (C=O) groups excluding carboxylic acids is 2. The fourth-order valence-electron chi connectivity index (χ4n) is 1.83. The zero-order valence-corrected chi connectivity index (χ0v) is 10.0. The first-order chi connectivity index (χ1) is 7.75. The Morgan fingerprint density at radius 2 is 1.69 bits per heavy atom. The quantitative estimate of drug-likeness (QED) is 0.340. The van der Waals surface area contributed by atoms with Gasteiger partial charge in [-0.15, -0.1) is 0 Å². The second-order valence-corrected chi connectivity index (χ2v) is 4.78. The molecule has 0 aliphatic carbocycles. The Labute approximate surface area is 98.8 Å². The molecule has 1 aliphatic rings. The van der Waals surface area contributed by atoms with Crippen LogP contribution in [0.1, 0.15) is 27.1 Å². The Morgan fingerprint density at radius 1 is 1.12 bits per heavy atom. The molecule has 4 heteroatoms. The molecule has 0 N–H and O–H groups in total. The standard InChI is InChI=1S/C12H13NO2S/c1-16-8-4-7-13-11(14)9-5-2-3-6-10(9)12(13)15/h2-3,5-6H,4,7-8H2,1H3/p+1. The molecule has 0 fully saturated rings. The molecule has 0 radical (unpaired) electrons. The largest absolute Gasteiger partial charge is 0.274 e. The van der Waals surface area contributed by atoms with E-state index in [4.69, 9.17) is 0 Å². The third-order valence-corrected chi connectivity index (χ3v) is 3.41. The van der Waals surface area contributed by atoms with Crippen molar-refractivity contribution < 1.29 is 9.59 Å². The molecule has 1 aromatic rings. The van der Waals surface area contributed by atoms with E-state index in [9.17, 15) is 9.59 Å². The van der Waals surface area contributed by atoms with Crippen molar-refractivity contribution in [2.75, 3.05) is 18.6 Å². The number of carbonyl (C=O) groups is 2. The highest BCUT2D eigenvalue weighted by molar-refractivity contribution is 7.77. The first-order valence-corrected chi connectivity index (χ1v) is 6.79. The second kappa shape index (κ2) is 4.70. The van der Waals surface area contributed by atoms with Crippen LogP contribution >= 0.6 is 0 Å². The predicted octanol–water partition coefficient (Wildman–Crippen LogP) is 1.12. The van der Waals surface area contributed by atoms with Gasteiger partial charge in [0.1, 0.15) is 5.75 Å². The molecule has 1 aliphatic heterocycles. The van der Waals surface area contributed by atoms with E-state index in [0.717, 1.165) is 12.2 Å². The average Bonchev–Trinajstić information content (AvgIpc) is 2.55. The molecule has 0 aromatic heterocycles. The molecule has 0 atom stereocenters. The minimum atomic E-state index is -0.145. The van der Waals surface area contributed by atoms with Crippen molar-refractivity contribution in [1.29, 1.82) is 0 Å². The molecule has 84 valence electrons. The summed E-state index contributed by atoms with van der Waals surface area (Å²) in [5, 5.41) is 0. The van der Waals surface area contributed by atoms with Gasteiger partial charge in [-0.25, -0.2) is 0 Å². The van der Waals surface area contributed by atoms with Gasteiger partial charge < -0.3 is 0 Å². The molecular formula is C12H14NO2S+. The second-order valence-electron chi connectivity index (χ2n) is 3.70. The molecule has 0 bridgehead atoms. The average molecular weight is 236 g/mol. The Morgan fingerprint density at radius 3 is 2.19 bits per heavy atom. The van der Waals surface area contributed by atoms with Gasteiger partial charge in [0.25, 0.3) is 11.8 Å². The van der Waals surface area contributed by atoms with E-state index < -0.39 is 0 Å². The van der Waals surface area contributed by atoms with Crippen LogP contribution in [0.15, 0.2) is 24.3 Å². The zero-order valence-electron chi connectivity index (χ0n) is 9.14. The van der Waals surface area contributed by atoms with Crippen LogP contribution in [0.4, 0.5) is 0 Å². The first-order valence-electron chi connectivity index (χ1n) is 5.26. The lowest BCUT2D eigenvalue weighted by Crippen LogP contribution is -2.31. The summed E-state index contributed by atoms with van der Waals surface area (Å²) in [7, 11) is 0. The summed E-state index contributed by atoms with van der Waals surface area (Å²) in [6.45, 7) is 0.535. The van der Waals surface area contributed by atoms with Gasteiger partial charge in [0, 0.05) is 13.0 Å². The molecule has 3 nitrogen and oxygen atoms in total. The maximum Gasteiger partial charge on any atom is 0.261 e. The van der Waals surface area contributed by atoms with Crippen LogP contribution in [0.5, 0.6) is 0 Å². The minimum Gasteiger partial charge on any atom is -0.274 e. The number of fused-ring (bicyclic) bond motifs is 1. The summed E-state index contributed by atoms with van der Waals surface area (Å²) in [4.78, 5) is 25.2. The molecule has 1 aromatic carbocycles. The van der Waals surface area contributed by atoms with Crippen molar-refractivity contribution in [2.45, 2.75) is 6.42 Å². The van der Waals surface area contributed by atoms with Gasteiger partial charge in [0.15, 0.2) is 0 Å². The van der Waals surface area contributed by atoms with Crippen LogP contribution in [-0.2, 0) is 11.8 Å². The third-order valence-electron chi connectivity index (χ3n) is 2.64. The molecule has 0 spiro atoms. The maximum absolute atomic E-state index is 11.9. The first kappa shape index (κ1) is 11.2. The monoisotopic (exact) mass is 236 g/mol. The molecule has 0 saturated heterocycles. The normalized spacial score (nSPS) is 14.4. The maximum atomic E-state index is 11.9. The van der Waals surface area contributed by atoms with Crippen molar-refractivity contribution in [3.05, 3.63) is 35.4 Å². The van der Waals surface area contributed by atoms with Crippen LogP contribution in [0, 0.1) is 0 Å². The van der Waals surface area contributed by atoms with E-state index in [-0.39, 0.29) is 11.8 Å². The highest BCUT2D eigenvalue weighted by atomic mass is 32.2. The molecule has 2 amide bonds. The Balaban J connectivity index is 2.15. The highest BCUT2D eigenvalue weighted by Crippen LogP contribution is 2.22. The molecular weight excluding hydrogens is 222 g/mol. The molecule has 0 saturated carbocycles. The molecule has 2 rings (SSSR count). The van der Waals surface area contributed by atoms with Crippen LogP contribution in [-0.4, -0.2) is 35.3 Å². The predicted molar refractivity (Wildman–Crippen MR) is 66.0 cm³/mol. The number of rotatable bonds is 4. The number of hydrogen-bond donors (Lipinski definition) is 0.